The Morgan fingerprint density at radius 3 is 2.83 bits per heavy atom. The third-order valence-electron chi connectivity index (χ3n) is 2.29. The lowest BCUT2D eigenvalue weighted by Gasteiger charge is -2.07. The molecule has 0 bridgehead atoms. The number of carbonyl (C=O) groups is 1. The number of carbonyl (C=O) groups excluding carboxylic acids is 1. The van der Waals surface area contributed by atoms with E-state index in [1.807, 2.05) is 29.6 Å². The van der Waals surface area contributed by atoms with Crippen LogP contribution in [0.1, 0.15) is 5.56 Å². The average Bonchev–Trinajstić information content (AvgIpc) is 2.82. The van der Waals surface area contributed by atoms with Crippen LogP contribution in [-0.4, -0.2) is 17.4 Å². The van der Waals surface area contributed by atoms with E-state index in [2.05, 4.69) is 10.3 Å². The van der Waals surface area contributed by atoms with Gasteiger partial charge in [0.25, 0.3) is 0 Å². The van der Waals surface area contributed by atoms with Crippen molar-refractivity contribution in [1.82, 2.24) is 10.3 Å². The van der Waals surface area contributed by atoms with Crippen molar-refractivity contribution in [3.63, 3.8) is 0 Å². The minimum absolute atomic E-state index is 0. The van der Waals surface area contributed by atoms with E-state index < -0.39 is 0 Å². The molecule has 6 heteroatoms. The Morgan fingerprint density at radius 2 is 2.17 bits per heavy atom. The molecule has 0 aliphatic rings. The van der Waals surface area contributed by atoms with Gasteiger partial charge in [0, 0.05) is 23.7 Å². The van der Waals surface area contributed by atoms with Crippen LogP contribution in [0.3, 0.4) is 0 Å². The molecule has 0 saturated heterocycles. The molecule has 0 fully saturated rings. The van der Waals surface area contributed by atoms with Crippen molar-refractivity contribution < 1.29 is 4.79 Å². The van der Waals surface area contributed by atoms with E-state index in [-0.39, 0.29) is 24.9 Å². The molecule has 2 rings (SSSR count). The van der Waals surface area contributed by atoms with Crippen molar-refractivity contribution in [2.45, 2.75) is 6.54 Å². The van der Waals surface area contributed by atoms with Crippen LogP contribution in [-0.2, 0) is 11.3 Å². The minimum Gasteiger partial charge on any atom is -0.369 e. The summed E-state index contributed by atoms with van der Waals surface area (Å²) < 4.78 is 0. The highest BCUT2D eigenvalue weighted by Gasteiger charge is 2.06. The summed E-state index contributed by atoms with van der Waals surface area (Å²) in [4.78, 5) is 14.9. The number of halogens is 1. The molecule has 2 aromatic rings. The normalized spacial score (nSPS) is 9.78. The second-order valence-corrected chi connectivity index (χ2v) is 4.46. The molecule has 0 spiro atoms. The first-order chi connectivity index (χ1) is 8.27. The number of hydrogen-bond acceptors (Lipinski definition) is 4. The molecule has 0 aliphatic carbocycles. The van der Waals surface area contributed by atoms with Crippen LogP contribution < -0.4 is 11.1 Å². The molecule has 1 aromatic heterocycles. The standard InChI is InChI=1S/C12H13N3OS.ClH/c13-11(16)8-14-7-9-3-1-2-4-10(9)12-15-5-6-17-12;/h1-6,14H,7-8H2,(H2,13,16);1H. The van der Waals surface area contributed by atoms with Gasteiger partial charge in [-0.3, -0.25) is 4.79 Å². The summed E-state index contributed by atoms with van der Waals surface area (Å²) >= 11 is 1.60. The van der Waals surface area contributed by atoms with E-state index >= 15 is 0 Å². The van der Waals surface area contributed by atoms with E-state index in [1.165, 1.54) is 0 Å². The first-order valence-electron chi connectivity index (χ1n) is 5.24. The lowest BCUT2D eigenvalue weighted by atomic mass is 10.1. The zero-order valence-electron chi connectivity index (χ0n) is 9.63. The molecule has 4 nitrogen and oxygen atoms in total. The molecule has 0 radical (unpaired) electrons. The zero-order valence-corrected chi connectivity index (χ0v) is 11.3. The molecule has 1 heterocycles. The zero-order chi connectivity index (χ0) is 12.1. The smallest absolute Gasteiger partial charge is 0.231 e. The Bertz CT molecular complexity index is 502. The molecule has 1 amide bonds. The number of thiazole rings is 1. The van der Waals surface area contributed by atoms with Gasteiger partial charge in [0.2, 0.25) is 5.91 Å². The SMILES string of the molecule is Cl.NC(=O)CNCc1ccccc1-c1nccs1. The number of nitrogens with two attached hydrogens (primary N) is 1. The Kier molecular flexibility index (Phi) is 5.77. The van der Waals surface area contributed by atoms with Gasteiger partial charge in [-0.25, -0.2) is 4.98 Å². The fraction of sp³-hybridized carbons (Fsp3) is 0.167. The predicted octanol–water partition coefficient (Wildman–Crippen LogP) is 1.81. The van der Waals surface area contributed by atoms with Crippen molar-refractivity contribution in [3.8, 4) is 10.6 Å². The van der Waals surface area contributed by atoms with Gasteiger partial charge >= 0.3 is 0 Å². The fourth-order valence-corrected chi connectivity index (χ4v) is 2.26. The number of nitrogens with one attached hydrogen (secondary N) is 1. The van der Waals surface area contributed by atoms with Crippen LogP contribution in [0.4, 0.5) is 0 Å². The predicted molar refractivity (Wildman–Crippen MR) is 75.7 cm³/mol. The molecule has 0 aliphatic heterocycles. The van der Waals surface area contributed by atoms with E-state index in [0.717, 1.165) is 16.1 Å². The van der Waals surface area contributed by atoms with E-state index in [4.69, 9.17) is 5.73 Å². The summed E-state index contributed by atoms with van der Waals surface area (Å²) in [6.07, 6.45) is 1.79. The second kappa shape index (κ2) is 7.10. The van der Waals surface area contributed by atoms with Crippen LogP contribution >= 0.6 is 23.7 Å². The van der Waals surface area contributed by atoms with Gasteiger partial charge < -0.3 is 11.1 Å². The van der Waals surface area contributed by atoms with Crippen molar-refractivity contribution in [3.05, 3.63) is 41.4 Å². The molecular formula is C12H14ClN3OS. The average molecular weight is 284 g/mol. The summed E-state index contributed by atoms with van der Waals surface area (Å²) in [6, 6.07) is 8.00. The Hall–Kier alpha value is -1.43. The molecule has 0 atom stereocenters. The minimum atomic E-state index is -0.350. The highest BCUT2D eigenvalue weighted by molar-refractivity contribution is 7.13. The summed E-state index contributed by atoms with van der Waals surface area (Å²) in [5.41, 5.74) is 7.29. The Labute approximate surface area is 116 Å². The fourth-order valence-electron chi connectivity index (χ4n) is 1.56. The maximum atomic E-state index is 10.7. The highest BCUT2D eigenvalue weighted by Crippen LogP contribution is 2.25. The van der Waals surface area contributed by atoms with Gasteiger partial charge in [0.1, 0.15) is 5.01 Å². The quantitative estimate of drug-likeness (QED) is 0.879. The molecule has 3 N–H and O–H groups in total. The van der Waals surface area contributed by atoms with Crippen LogP contribution in [0, 0.1) is 0 Å². The highest BCUT2D eigenvalue weighted by atomic mass is 35.5. The maximum absolute atomic E-state index is 10.7. The monoisotopic (exact) mass is 283 g/mol. The summed E-state index contributed by atoms with van der Waals surface area (Å²) in [7, 11) is 0. The summed E-state index contributed by atoms with van der Waals surface area (Å²) in [6.45, 7) is 0.797. The number of primary amides is 1. The van der Waals surface area contributed by atoms with Crippen molar-refractivity contribution in [2.24, 2.45) is 5.73 Å². The van der Waals surface area contributed by atoms with Crippen molar-refractivity contribution in [2.75, 3.05) is 6.54 Å². The number of aromatic nitrogens is 1. The van der Waals surface area contributed by atoms with Crippen molar-refractivity contribution >= 4 is 29.7 Å². The van der Waals surface area contributed by atoms with Crippen LogP contribution in [0.2, 0.25) is 0 Å². The Morgan fingerprint density at radius 1 is 1.39 bits per heavy atom. The molecule has 18 heavy (non-hydrogen) atoms. The largest absolute Gasteiger partial charge is 0.369 e. The number of benzene rings is 1. The Balaban J connectivity index is 0.00000162. The summed E-state index contributed by atoms with van der Waals surface area (Å²) in [5.74, 6) is -0.350. The van der Waals surface area contributed by atoms with Crippen LogP contribution in [0.25, 0.3) is 10.6 Å². The number of hydrogen-bond donors (Lipinski definition) is 2. The lowest BCUT2D eigenvalue weighted by molar-refractivity contribution is -0.117. The molecule has 0 unspecified atom stereocenters. The van der Waals surface area contributed by atoms with E-state index in [1.54, 1.807) is 17.5 Å². The van der Waals surface area contributed by atoms with Gasteiger partial charge in [-0.15, -0.1) is 23.7 Å². The van der Waals surface area contributed by atoms with Crippen LogP contribution in [0.5, 0.6) is 0 Å². The maximum Gasteiger partial charge on any atom is 0.231 e. The molecule has 0 saturated carbocycles. The summed E-state index contributed by atoms with van der Waals surface area (Å²) in [5, 5.41) is 5.94. The lowest BCUT2D eigenvalue weighted by Crippen LogP contribution is -2.28. The van der Waals surface area contributed by atoms with Gasteiger partial charge in [-0.2, -0.15) is 0 Å². The number of amides is 1. The first-order valence-corrected chi connectivity index (χ1v) is 6.12. The first kappa shape index (κ1) is 14.6. The van der Waals surface area contributed by atoms with Gasteiger partial charge in [0.05, 0.1) is 6.54 Å². The third-order valence-corrected chi connectivity index (χ3v) is 3.10. The third kappa shape index (κ3) is 3.80. The van der Waals surface area contributed by atoms with Gasteiger partial charge in [-0.1, -0.05) is 24.3 Å². The van der Waals surface area contributed by atoms with Crippen LogP contribution in [0.15, 0.2) is 35.8 Å². The molecule has 1 aromatic carbocycles. The van der Waals surface area contributed by atoms with E-state index in [0.29, 0.717) is 6.54 Å². The van der Waals surface area contributed by atoms with E-state index in [9.17, 15) is 4.79 Å². The van der Waals surface area contributed by atoms with Crippen molar-refractivity contribution in [1.29, 1.82) is 0 Å². The number of nitrogens with zero attached hydrogens (tertiary/aromatic N) is 1. The number of rotatable bonds is 5. The second-order valence-electron chi connectivity index (χ2n) is 3.56. The molecular weight excluding hydrogens is 270 g/mol. The molecule has 96 valence electrons. The topological polar surface area (TPSA) is 68.0 Å². The van der Waals surface area contributed by atoms with Gasteiger partial charge in [-0.05, 0) is 5.56 Å². The van der Waals surface area contributed by atoms with Gasteiger partial charge in [0.15, 0.2) is 0 Å².